The lowest BCUT2D eigenvalue weighted by atomic mass is 10.3. The van der Waals surface area contributed by atoms with Crippen molar-refractivity contribution in [2.24, 2.45) is 0 Å². The molecule has 1 aromatic heterocycles. The lowest BCUT2D eigenvalue weighted by molar-refractivity contribution is -0.116. The first-order chi connectivity index (χ1) is 11.2. The van der Waals surface area contributed by atoms with Gasteiger partial charge in [-0.25, -0.2) is 8.42 Å². The molecule has 0 fully saturated rings. The van der Waals surface area contributed by atoms with Gasteiger partial charge < -0.3 is 9.84 Å². The van der Waals surface area contributed by atoms with Crippen molar-refractivity contribution in [1.82, 2.24) is 5.16 Å². The van der Waals surface area contributed by atoms with Gasteiger partial charge in [-0.3, -0.25) is 9.10 Å². The number of hydrogen-bond acceptors (Lipinski definition) is 5. The molecule has 0 atom stereocenters. The molecular weight excluding hydrogens is 377 g/mol. The number of halogens is 2. The Morgan fingerprint density at radius 2 is 2.04 bits per heavy atom. The first kappa shape index (κ1) is 18.6. The smallest absolute Gasteiger partial charge is 0.232 e. The molecule has 0 unspecified atom stereocenters. The predicted octanol–water partition coefficient (Wildman–Crippen LogP) is 3.08. The largest absolute Gasteiger partial charge is 0.360 e. The number of amides is 1. The van der Waals surface area contributed by atoms with Crippen LogP contribution in [0.4, 0.5) is 11.5 Å². The van der Waals surface area contributed by atoms with Gasteiger partial charge in [0.25, 0.3) is 0 Å². The standard InChI is InChI=1S/C14H15Cl2N3O4S/c1-9-7-13(18-23-9)17-14(20)5-6-19(24(2,21)22)12-4-3-10(15)8-11(12)16/h3-4,7-8H,5-6H2,1-2H3,(H,17,18,20). The second-order valence-corrected chi connectivity index (χ2v) is 7.80. The molecule has 130 valence electrons. The van der Waals surface area contributed by atoms with E-state index < -0.39 is 15.9 Å². The third-order valence-electron chi connectivity index (χ3n) is 3.02. The number of sulfonamides is 1. The van der Waals surface area contributed by atoms with E-state index in [1.54, 1.807) is 13.0 Å². The van der Waals surface area contributed by atoms with Crippen molar-refractivity contribution in [1.29, 1.82) is 0 Å². The minimum atomic E-state index is -3.63. The van der Waals surface area contributed by atoms with E-state index in [0.717, 1.165) is 10.6 Å². The van der Waals surface area contributed by atoms with E-state index in [2.05, 4.69) is 10.5 Å². The van der Waals surface area contributed by atoms with Crippen molar-refractivity contribution in [2.75, 3.05) is 22.4 Å². The lowest BCUT2D eigenvalue weighted by Gasteiger charge is -2.23. The number of anilines is 2. The normalized spacial score (nSPS) is 11.3. The molecule has 0 saturated carbocycles. The molecule has 0 aliphatic carbocycles. The van der Waals surface area contributed by atoms with Crippen LogP contribution in [0.15, 0.2) is 28.8 Å². The Kier molecular flexibility index (Phi) is 5.74. The van der Waals surface area contributed by atoms with Crippen LogP contribution < -0.4 is 9.62 Å². The van der Waals surface area contributed by atoms with Crippen LogP contribution in [0, 0.1) is 6.92 Å². The summed E-state index contributed by atoms with van der Waals surface area (Å²) >= 11 is 11.9. The van der Waals surface area contributed by atoms with Crippen molar-refractivity contribution in [2.45, 2.75) is 13.3 Å². The SMILES string of the molecule is Cc1cc(NC(=O)CCN(c2ccc(Cl)cc2Cl)S(C)(=O)=O)no1. The number of rotatable bonds is 6. The molecule has 0 radical (unpaired) electrons. The molecule has 7 nitrogen and oxygen atoms in total. The Balaban J connectivity index is 2.11. The van der Waals surface area contributed by atoms with Crippen LogP contribution >= 0.6 is 23.2 Å². The molecule has 0 spiro atoms. The molecule has 10 heteroatoms. The number of nitrogens with one attached hydrogen (secondary N) is 1. The maximum absolute atomic E-state index is 12.0. The van der Waals surface area contributed by atoms with Crippen molar-refractivity contribution in [3.05, 3.63) is 40.1 Å². The van der Waals surface area contributed by atoms with Gasteiger partial charge >= 0.3 is 0 Å². The monoisotopic (exact) mass is 391 g/mol. The zero-order valence-electron chi connectivity index (χ0n) is 12.9. The Labute approximate surface area is 149 Å². The Bertz CT molecular complexity index is 851. The first-order valence-corrected chi connectivity index (χ1v) is 9.43. The lowest BCUT2D eigenvalue weighted by Crippen LogP contribution is -2.33. The van der Waals surface area contributed by atoms with E-state index in [9.17, 15) is 13.2 Å². The van der Waals surface area contributed by atoms with Crippen LogP contribution in [0.2, 0.25) is 10.0 Å². The number of hydrogen-bond donors (Lipinski definition) is 1. The summed E-state index contributed by atoms with van der Waals surface area (Å²) in [7, 11) is -3.63. The van der Waals surface area contributed by atoms with Gasteiger partial charge in [-0.1, -0.05) is 28.4 Å². The summed E-state index contributed by atoms with van der Waals surface area (Å²) in [6, 6.07) is 6.01. The topological polar surface area (TPSA) is 92.5 Å². The Morgan fingerprint density at radius 1 is 1.33 bits per heavy atom. The molecule has 1 aromatic carbocycles. The summed E-state index contributed by atoms with van der Waals surface area (Å²) in [6.45, 7) is 1.61. The van der Waals surface area contributed by atoms with Crippen LogP contribution in [0.1, 0.15) is 12.2 Å². The fourth-order valence-electron chi connectivity index (χ4n) is 1.98. The van der Waals surface area contributed by atoms with Crippen LogP contribution in [0.3, 0.4) is 0 Å². The van der Waals surface area contributed by atoms with Gasteiger partial charge in [-0.2, -0.15) is 0 Å². The Morgan fingerprint density at radius 3 is 2.58 bits per heavy atom. The van der Waals surface area contributed by atoms with E-state index >= 15 is 0 Å². The molecule has 0 aliphatic rings. The highest BCUT2D eigenvalue weighted by Gasteiger charge is 2.21. The van der Waals surface area contributed by atoms with E-state index in [-0.39, 0.29) is 29.5 Å². The van der Waals surface area contributed by atoms with Crippen LogP contribution in [-0.2, 0) is 14.8 Å². The van der Waals surface area contributed by atoms with Gasteiger partial charge in [-0.15, -0.1) is 0 Å². The van der Waals surface area contributed by atoms with Crippen molar-refractivity contribution in [3.8, 4) is 0 Å². The zero-order chi connectivity index (χ0) is 17.9. The molecule has 2 rings (SSSR count). The molecule has 0 bridgehead atoms. The number of nitrogens with zero attached hydrogens (tertiary/aromatic N) is 2. The van der Waals surface area contributed by atoms with Crippen molar-refractivity contribution in [3.63, 3.8) is 0 Å². The maximum Gasteiger partial charge on any atom is 0.232 e. The molecule has 1 amide bonds. The summed E-state index contributed by atoms with van der Waals surface area (Å²) in [4.78, 5) is 12.0. The van der Waals surface area contributed by atoms with Gasteiger partial charge in [-0.05, 0) is 25.1 Å². The van der Waals surface area contributed by atoms with Gasteiger partial charge in [0.15, 0.2) is 5.82 Å². The number of aryl methyl sites for hydroxylation is 1. The summed E-state index contributed by atoms with van der Waals surface area (Å²) in [5.41, 5.74) is 0.258. The highest BCUT2D eigenvalue weighted by molar-refractivity contribution is 7.92. The van der Waals surface area contributed by atoms with Gasteiger partial charge in [0.1, 0.15) is 5.76 Å². The Hall–Kier alpha value is -1.77. The van der Waals surface area contributed by atoms with E-state index in [0.29, 0.717) is 10.8 Å². The van der Waals surface area contributed by atoms with Crippen LogP contribution in [-0.4, -0.2) is 32.3 Å². The highest BCUT2D eigenvalue weighted by Crippen LogP contribution is 2.30. The fraction of sp³-hybridized carbons (Fsp3) is 0.286. The van der Waals surface area contributed by atoms with Crippen LogP contribution in [0.5, 0.6) is 0 Å². The van der Waals surface area contributed by atoms with E-state index in [1.807, 2.05) is 0 Å². The van der Waals surface area contributed by atoms with Gasteiger partial charge in [0.2, 0.25) is 15.9 Å². The van der Waals surface area contributed by atoms with Crippen molar-refractivity contribution < 1.29 is 17.7 Å². The number of carbonyl (C=O) groups excluding carboxylic acids is 1. The molecule has 2 aromatic rings. The summed E-state index contributed by atoms with van der Waals surface area (Å²) in [5, 5.41) is 6.73. The molecule has 0 saturated heterocycles. The number of carbonyl (C=O) groups is 1. The van der Waals surface area contributed by atoms with Gasteiger partial charge in [0, 0.05) is 24.1 Å². The average molecular weight is 392 g/mol. The van der Waals surface area contributed by atoms with Crippen molar-refractivity contribution >= 4 is 50.6 Å². The van der Waals surface area contributed by atoms with E-state index in [1.165, 1.54) is 18.2 Å². The highest BCUT2D eigenvalue weighted by atomic mass is 35.5. The molecule has 24 heavy (non-hydrogen) atoms. The summed E-state index contributed by atoms with van der Waals surface area (Å²) in [6.07, 6.45) is 0.953. The predicted molar refractivity (Wildman–Crippen MR) is 93.1 cm³/mol. The molecular formula is C14H15Cl2N3O4S. The maximum atomic E-state index is 12.0. The second kappa shape index (κ2) is 7.42. The number of aromatic nitrogens is 1. The summed E-state index contributed by atoms with van der Waals surface area (Å²) < 4.78 is 29.9. The molecule has 1 heterocycles. The summed E-state index contributed by atoms with van der Waals surface area (Å²) in [5.74, 6) is 0.422. The van der Waals surface area contributed by atoms with Gasteiger partial charge in [0.05, 0.1) is 17.0 Å². The first-order valence-electron chi connectivity index (χ1n) is 6.83. The van der Waals surface area contributed by atoms with E-state index in [4.69, 9.17) is 27.7 Å². The zero-order valence-corrected chi connectivity index (χ0v) is 15.2. The fourth-order valence-corrected chi connectivity index (χ4v) is 3.48. The third kappa shape index (κ3) is 4.86. The minimum Gasteiger partial charge on any atom is -0.360 e. The number of benzene rings is 1. The second-order valence-electron chi connectivity index (χ2n) is 5.05. The average Bonchev–Trinajstić information content (AvgIpc) is 2.85. The third-order valence-corrected chi connectivity index (χ3v) is 4.73. The minimum absolute atomic E-state index is 0.0805. The molecule has 0 aliphatic heterocycles. The molecule has 1 N–H and O–H groups in total. The van der Waals surface area contributed by atoms with Crippen LogP contribution in [0.25, 0.3) is 0 Å². The quantitative estimate of drug-likeness (QED) is 0.816.